The Kier molecular flexibility index (Phi) is 5.03. The van der Waals surface area contributed by atoms with Crippen molar-refractivity contribution in [3.63, 3.8) is 0 Å². The molecule has 4 nitrogen and oxygen atoms in total. The van der Waals surface area contributed by atoms with Crippen LogP contribution in [0.3, 0.4) is 0 Å². The first-order valence-corrected chi connectivity index (χ1v) is 5.56. The summed E-state index contributed by atoms with van der Waals surface area (Å²) < 4.78 is 31.5. The standard InChI is InChI=1S/C12H16F2N2O2/c1-7(2)18-4-3-16-12(17)8-5-9(13)11(15)10(14)6-8/h5-7H,3-4,15H2,1-2H3,(H,16,17). The molecule has 1 rings (SSSR count). The van der Waals surface area contributed by atoms with E-state index in [9.17, 15) is 13.6 Å². The second-order valence-corrected chi connectivity index (χ2v) is 4.03. The number of halogens is 2. The number of rotatable bonds is 5. The van der Waals surface area contributed by atoms with Crippen molar-refractivity contribution in [2.45, 2.75) is 20.0 Å². The zero-order chi connectivity index (χ0) is 13.7. The van der Waals surface area contributed by atoms with E-state index < -0.39 is 23.2 Å². The Hall–Kier alpha value is -1.69. The molecule has 0 atom stereocenters. The van der Waals surface area contributed by atoms with E-state index in [4.69, 9.17) is 10.5 Å². The maximum absolute atomic E-state index is 13.1. The zero-order valence-corrected chi connectivity index (χ0v) is 10.3. The van der Waals surface area contributed by atoms with Crippen LogP contribution in [-0.2, 0) is 4.74 Å². The van der Waals surface area contributed by atoms with E-state index in [1.54, 1.807) is 0 Å². The Morgan fingerprint density at radius 2 is 1.94 bits per heavy atom. The molecule has 0 aliphatic heterocycles. The van der Waals surface area contributed by atoms with Gasteiger partial charge >= 0.3 is 0 Å². The van der Waals surface area contributed by atoms with Crippen LogP contribution in [0.25, 0.3) is 0 Å². The third-order valence-corrected chi connectivity index (χ3v) is 2.18. The molecule has 0 heterocycles. The Morgan fingerprint density at radius 1 is 1.39 bits per heavy atom. The van der Waals surface area contributed by atoms with E-state index in [1.165, 1.54) is 0 Å². The van der Waals surface area contributed by atoms with Crippen LogP contribution in [0.2, 0.25) is 0 Å². The maximum atomic E-state index is 13.1. The number of benzene rings is 1. The van der Waals surface area contributed by atoms with Crippen LogP contribution in [0.5, 0.6) is 0 Å². The zero-order valence-electron chi connectivity index (χ0n) is 10.3. The molecule has 0 radical (unpaired) electrons. The highest BCUT2D eigenvalue weighted by atomic mass is 19.1. The van der Waals surface area contributed by atoms with Gasteiger partial charge in [0.2, 0.25) is 0 Å². The van der Waals surface area contributed by atoms with E-state index in [0.717, 1.165) is 12.1 Å². The number of anilines is 1. The van der Waals surface area contributed by atoms with Gasteiger partial charge in [-0.2, -0.15) is 0 Å². The third kappa shape index (κ3) is 3.96. The molecule has 1 aromatic carbocycles. The molecule has 18 heavy (non-hydrogen) atoms. The second kappa shape index (κ2) is 6.30. The Morgan fingerprint density at radius 3 is 2.44 bits per heavy atom. The number of hydrogen-bond donors (Lipinski definition) is 2. The van der Waals surface area contributed by atoms with Gasteiger partial charge in [-0.25, -0.2) is 8.78 Å². The van der Waals surface area contributed by atoms with Crippen molar-refractivity contribution in [2.24, 2.45) is 0 Å². The van der Waals surface area contributed by atoms with E-state index in [-0.39, 0.29) is 18.2 Å². The van der Waals surface area contributed by atoms with Crippen molar-refractivity contribution in [1.82, 2.24) is 5.32 Å². The number of nitrogen functional groups attached to an aromatic ring is 1. The third-order valence-electron chi connectivity index (χ3n) is 2.18. The fraction of sp³-hybridized carbons (Fsp3) is 0.417. The Labute approximate surface area is 104 Å². The Balaban J connectivity index is 2.57. The molecule has 0 saturated carbocycles. The average Bonchev–Trinajstić information content (AvgIpc) is 2.30. The molecular weight excluding hydrogens is 242 g/mol. The number of carbonyl (C=O) groups excluding carboxylic acids is 1. The lowest BCUT2D eigenvalue weighted by Crippen LogP contribution is -2.28. The number of hydrogen-bond acceptors (Lipinski definition) is 3. The molecule has 1 amide bonds. The molecular formula is C12H16F2N2O2. The number of ether oxygens (including phenoxy) is 1. The van der Waals surface area contributed by atoms with Crippen molar-refractivity contribution < 1.29 is 18.3 Å². The first-order chi connectivity index (χ1) is 8.41. The van der Waals surface area contributed by atoms with Gasteiger partial charge in [0.05, 0.1) is 12.7 Å². The number of amides is 1. The maximum Gasteiger partial charge on any atom is 0.251 e. The van der Waals surface area contributed by atoms with Crippen LogP contribution in [0.15, 0.2) is 12.1 Å². The van der Waals surface area contributed by atoms with Crippen LogP contribution in [0.4, 0.5) is 14.5 Å². The number of carbonyl (C=O) groups is 1. The van der Waals surface area contributed by atoms with Crippen molar-refractivity contribution in [2.75, 3.05) is 18.9 Å². The van der Waals surface area contributed by atoms with Gasteiger partial charge in [0.1, 0.15) is 17.3 Å². The SMILES string of the molecule is CC(C)OCCNC(=O)c1cc(F)c(N)c(F)c1. The smallest absolute Gasteiger partial charge is 0.251 e. The molecule has 0 spiro atoms. The molecule has 0 bridgehead atoms. The van der Waals surface area contributed by atoms with E-state index in [1.807, 2.05) is 13.8 Å². The van der Waals surface area contributed by atoms with Gasteiger partial charge in [-0.15, -0.1) is 0 Å². The summed E-state index contributed by atoms with van der Waals surface area (Å²) in [7, 11) is 0. The molecule has 0 unspecified atom stereocenters. The van der Waals surface area contributed by atoms with Gasteiger partial charge in [-0.3, -0.25) is 4.79 Å². The van der Waals surface area contributed by atoms with Gasteiger partial charge < -0.3 is 15.8 Å². The normalized spacial score (nSPS) is 10.7. The van der Waals surface area contributed by atoms with Crippen LogP contribution in [0, 0.1) is 11.6 Å². The summed E-state index contributed by atoms with van der Waals surface area (Å²) in [5.74, 6) is -2.46. The fourth-order valence-corrected chi connectivity index (χ4v) is 1.28. The van der Waals surface area contributed by atoms with Crippen molar-refractivity contribution in [1.29, 1.82) is 0 Å². The summed E-state index contributed by atoms with van der Waals surface area (Å²) >= 11 is 0. The minimum Gasteiger partial charge on any atom is -0.394 e. The highest BCUT2D eigenvalue weighted by Gasteiger charge is 2.12. The predicted molar refractivity (Wildman–Crippen MR) is 64.2 cm³/mol. The molecule has 6 heteroatoms. The highest BCUT2D eigenvalue weighted by Crippen LogP contribution is 2.16. The first kappa shape index (κ1) is 14.4. The number of nitrogens with one attached hydrogen (secondary N) is 1. The van der Waals surface area contributed by atoms with Crippen LogP contribution in [-0.4, -0.2) is 25.2 Å². The van der Waals surface area contributed by atoms with E-state index >= 15 is 0 Å². The highest BCUT2D eigenvalue weighted by molar-refractivity contribution is 5.94. The average molecular weight is 258 g/mol. The Bertz CT molecular complexity index is 413. The molecule has 100 valence electrons. The molecule has 1 aromatic rings. The summed E-state index contributed by atoms with van der Waals surface area (Å²) in [4.78, 5) is 11.6. The summed E-state index contributed by atoms with van der Waals surface area (Å²) in [6, 6.07) is 1.80. The predicted octanol–water partition coefficient (Wildman–Crippen LogP) is 1.70. The molecule has 0 aliphatic rings. The summed E-state index contributed by atoms with van der Waals surface area (Å²) in [5, 5.41) is 2.49. The van der Waals surface area contributed by atoms with Crippen LogP contribution >= 0.6 is 0 Å². The summed E-state index contributed by atoms with van der Waals surface area (Å²) in [6.07, 6.45) is 0.0633. The molecule has 0 saturated heterocycles. The van der Waals surface area contributed by atoms with Gasteiger partial charge in [0, 0.05) is 12.1 Å². The molecule has 0 aromatic heterocycles. The van der Waals surface area contributed by atoms with Crippen molar-refractivity contribution in [3.05, 3.63) is 29.3 Å². The molecule has 0 aliphatic carbocycles. The fourth-order valence-electron chi connectivity index (χ4n) is 1.28. The molecule has 0 fully saturated rings. The monoisotopic (exact) mass is 258 g/mol. The minimum absolute atomic E-state index is 0.0633. The number of nitrogens with two attached hydrogens (primary N) is 1. The summed E-state index contributed by atoms with van der Waals surface area (Å²) in [6.45, 7) is 4.34. The van der Waals surface area contributed by atoms with Gasteiger partial charge in [-0.05, 0) is 26.0 Å². The van der Waals surface area contributed by atoms with E-state index in [2.05, 4.69) is 5.32 Å². The van der Waals surface area contributed by atoms with Crippen LogP contribution in [0.1, 0.15) is 24.2 Å². The lowest BCUT2D eigenvalue weighted by molar-refractivity contribution is 0.0746. The second-order valence-electron chi connectivity index (χ2n) is 4.03. The topological polar surface area (TPSA) is 64.3 Å². The molecule has 3 N–H and O–H groups in total. The minimum atomic E-state index is -0.946. The van der Waals surface area contributed by atoms with E-state index in [0.29, 0.717) is 6.61 Å². The van der Waals surface area contributed by atoms with Gasteiger partial charge in [-0.1, -0.05) is 0 Å². The van der Waals surface area contributed by atoms with Crippen molar-refractivity contribution >= 4 is 11.6 Å². The quantitative estimate of drug-likeness (QED) is 0.624. The van der Waals surface area contributed by atoms with Crippen molar-refractivity contribution in [3.8, 4) is 0 Å². The van der Waals surface area contributed by atoms with Gasteiger partial charge in [0.25, 0.3) is 5.91 Å². The van der Waals surface area contributed by atoms with Crippen LogP contribution < -0.4 is 11.1 Å². The van der Waals surface area contributed by atoms with Gasteiger partial charge in [0.15, 0.2) is 0 Å². The first-order valence-electron chi connectivity index (χ1n) is 5.56. The largest absolute Gasteiger partial charge is 0.394 e. The summed E-state index contributed by atoms with van der Waals surface area (Å²) in [5.41, 5.74) is 4.41. The lowest BCUT2D eigenvalue weighted by Gasteiger charge is -2.09. The lowest BCUT2D eigenvalue weighted by atomic mass is 10.1.